The molecule has 3 heteroatoms. The molecule has 1 aromatic carbocycles. The van der Waals surface area contributed by atoms with E-state index in [2.05, 4.69) is 46.7 Å². The quantitative estimate of drug-likeness (QED) is 0.580. The molecule has 1 aliphatic heterocycles. The zero-order valence-electron chi connectivity index (χ0n) is 9.50. The minimum Gasteiger partial charge on any atom is -0.306 e. The molecule has 0 aliphatic carbocycles. The van der Waals surface area contributed by atoms with Crippen molar-refractivity contribution >= 4 is 34.2 Å². The van der Waals surface area contributed by atoms with Gasteiger partial charge >= 0.3 is 0 Å². The molecule has 16 heavy (non-hydrogen) atoms. The van der Waals surface area contributed by atoms with Crippen LogP contribution in [0.15, 0.2) is 24.3 Å². The Kier molecular flexibility index (Phi) is 4.50. The van der Waals surface area contributed by atoms with Crippen molar-refractivity contribution in [2.45, 2.75) is 12.3 Å². The monoisotopic (exact) mass is 349 g/mol. The molecule has 0 radical (unpaired) electrons. The van der Waals surface area contributed by atoms with Gasteiger partial charge in [0, 0.05) is 16.0 Å². The highest BCUT2D eigenvalue weighted by Crippen LogP contribution is 2.34. The summed E-state index contributed by atoms with van der Waals surface area (Å²) in [6.07, 6.45) is 1.27. The molecule has 1 aromatic rings. The first-order chi connectivity index (χ1) is 7.70. The van der Waals surface area contributed by atoms with Crippen LogP contribution in [0.3, 0.4) is 0 Å². The van der Waals surface area contributed by atoms with Crippen LogP contribution in [-0.2, 0) is 0 Å². The fourth-order valence-corrected chi connectivity index (χ4v) is 3.54. The van der Waals surface area contributed by atoms with Gasteiger partial charge in [0.2, 0.25) is 0 Å². The Morgan fingerprint density at radius 2 is 2.06 bits per heavy atom. The predicted molar refractivity (Wildman–Crippen MR) is 78.7 cm³/mol. The first-order valence-electron chi connectivity index (χ1n) is 5.70. The average molecular weight is 350 g/mol. The van der Waals surface area contributed by atoms with Gasteiger partial charge in [-0.15, -0.1) is 0 Å². The normalized spacial score (nSPS) is 26.9. The zero-order valence-corrected chi connectivity index (χ0v) is 12.4. The Morgan fingerprint density at radius 3 is 2.69 bits per heavy atom. The average Bonchev–Trinajstić information content (AvgIpc) is 2.30. The Labute approximate surface area is 116 Å². The van der Waals surface area contributed by atoms with E-state index in [1.54, 1.807) is 0 Å². The molecule has 2 rings (SSSR count). The number of halogens is 2. The van der Waals surface area contributed by atoms with Gasteiger partial charge in [-0.05, 0) is 49.5 Å². The highest BCUT2D eigenvalue weighted by atomic mass is 127. The number of alkyl halides is 1. The van der Waals surface area contributed by atoms with E-state index >= 15 is 0 Å². The maximum absolute atomic E-state index is 5.93. The molecule has 1 heterocycles. The standard InChI is InChI=1S/C13H17ClIN/c1-16-7-6-13(11(8-15)9-16)10-2-4-12(14)5-3-10/h2-5,11,13H,6-9H2,1H3/t11-,13+/m1/s1. The first-order valence-corrected chi connectivity index (χ1v) is 7.61. The van der Waals surface area contributed by atoms with Crippen LogP contribution in [0.2, 0.25) is 5.02 Å². The topological polar surface area (TPSA) is 3.24 Å². The summed E-state index contributed by atoms with van der Waals surface area (Å²) in [6.45, 7) is 2.43. The number of piperidine rings is 1. The third-order valence-electron chi connectivity index (χ3n) is 3.43. The summed E-state index contributed by atoms with van der Waals surface area (Å²) < 4.78 is 1.23. The molecule has 0 amide bonds. The van der Waals surface area contributed by atoms with Crippen molar-refractivity contribution in [2.24, 2.45) is 5.92 Å². The van der Waals surface area contributed by atoms with Crippen LogP contribution in [0.1, 0.15) is 17.9 Å². The van der Waals surface area contributed by atoms with Gasteiger partial charge in [-0.2, -0.15) is 0 Å². The molecule has 1 saturated heterocycles. The molecule has 0 bridgehead atoms. The molecular weight excluding hydrogens is 333 g/mol. The van der Waals surface area contributed by atoms with Gasteiger partial charge in [-0.1, -0.05) is 46.3 Å². The Balaban J connectivity index is 2.15. The molecule has 0 N–H and O–H groups in total. The molecule has 0 saturated carbocycles. The lowest BCUT2D eigenvalue weighted by atomic mass is 9.82. The zero-order chi connectivity index (χ0) is 11.5. The summed E-state index contributed by atoms with van der Waals surface area (Å²) in [7, 11) is 2.22. The van der Waals surface area contributed by atoms with E-state index in [1.807, 2.05) is 12.1 Å². The molecule has 1 aliphatic rings. The number of nitrogens with zero attached hydrogens (tertiary/aromatic N) is 1. The summed E-state index contributed by atoms with van der Waals surface area (Å²) in [6, 6.07) is 8.41. The highest BCUT2D eigenvalue weighted by Gasteiger charge is 2.27. The second-order valence-electron chi connectivity index (χ2n) is 4.62. The summed E-state index contributed by atoms with van der Waals surface area (Å²) >= 11 is 8.45. The van der Waals surface area contributed by atoms with Crippen LogP contribution in [0, 0.1) is 5.92 Å². The SMILES string of the molecule is CN1CC[C@@H](c2ccc(Cl)cc2)[C@H](CI)C1. The van der Waals surface area contributed by atoms with E-state index in [0.717, 1.165) is 10.9 Å². The van der Waals surface area contributed by atoms with Crippen LogP contribution >= 0.6 is 34.2 Å². The lowest BCUT2D eigenvalue weighted by Crippen LogP contribution is -2.37. The molecule has 88 valence electrons. The van der Waals surface area contributed by atoms with E-state index in [1.165, 1.54) is 29.5 Å². The summed E-state index contributed by atoms with van der Waals surface area (Å²) in [5.41, 5.74) is 1.46. The van der Waals surface area contributed by atoms with Gasteiger partial charge in [0.15, 0.2) is 0 Å². The Morgan fingerprint density at radius 1 is 1.38 bits per heavy atom. The van der Waals surface area contributed by atoms with Crippen molar-refractivity contribution in [3.63, 3.8) is 0 Å². The van der Waals surface area contributed by atoms with Crippen LogP contribution < -0.4 is 0 Å². The molecule has 0 unspecified atom stereocenters. The number of rotatable bonds is 2. The second kappa shape index (κ2) is 5.69. The van der Waals surface area contributed by atoms with E-state index in [-0.39, 0.29) is 0 Å². The lowest BCUT2D eigenvalue weighted by molar-refractivity contribution is 0.200. The lowest BCUT2D eigenvalue weighted by Gasteiger charge is -2.36. The number of benzene rings is 1. The fraction of sp³-hybridized carbons (Fsp3) is 0.538. The van der Waals surface area contributed by atoms with Gasteiger partial charge in [0.05, 0.1) is 0 Å². The second-order valence-corrected chi connectivity index (χ2v) is 5.94. The molecule has 2 atom stereocenters. The molecule has 1 nitrogen and oxygen atoms in total. The smallest absolute Gasteiger partial charge is 0.0406 e. The van der Waals surface area contributed by atoms with Gasteiger partial charge < -0.3 is 4.90 Å². The van der Waals surface area contributed by atoms with Crippen LogP contribution in [0.4, 0.5) is 0 Å². The summed E-state index contributed by atoms with van der Waals surface area (Å²) in [4.78, 5) is 2.44. The van der Waals surface area contributed by atoms with Crippen molar-refractivity contribution in [3.05, 3.63) is 34.9 Å². The largest absolute Gasteiger partial charge is 0.306 e. The van der Waals surface area contributed by atoms with Crippen molar-refractivity contribution in [3.8, 4) is 0 Å². The molecular formula is C13H17ClIN. The van der Waals surface area contributed by atoms with E-state index in [4.69, 9.17) is 11.6 Å². The van der Waals surface area contributed by atoms with E-state index in [9.17, 15) is 0 Å². The summed E-state index contributed by atoms with van der Waals surface area (Å²) in [5, 5.41) is 0.836. The third-order valence-corrected chi connectivity index (χ3v) is 4.82. The van der Waals surface area contributed by atoms with Crippen LogP contribution in [0.5, 0.6) is 0 Å². The molecule has 1 fully saturated rings. The van der Waals surface area contributed by atoms with Gasteiger partial charge in [-0.25, -0.2) is 0 Å². The predicted octanol–water partition coefficient (Wildman–Crippen LogP) is 3.81. The first kappa shape index (κ1) is 12.7. The Bertz CT molecular complexity index is 338. The van der Waals surface area contributed by atoms with Gasteiger partial charge in [0.1, 0.15) is 0 Å². The van der Waals surface area contributed by atoms with Crippen LogP contribution in [-0.4, -0.2) is 29.5 Å². The van der Waals surface area contributed by atoms with E-state index in [0.29, 0.717) is 5.92 Å². The highest BCUT2D eigenvalue weighted by molar-refractivity contribution is 14.1. The molecule has 0 aromatic heterocycles. The molecule has 0 spiro atoms. The van der Waals surface area contributed by atoms with Crippen molar-refractivity contribution < 1.29 is 0 Å². The number of hydrogen-bond donors (Lipinski definition) is 0. The number of hydrogen-bond acceptors (Lipinski definition) is 1. The van der Waals surface area contributed by atoms with Crippen molar-refractivity contribution in [2.75, 3.05) is 24.6 Å². The maximum atomic E-state index is 5.93. The minimum atomic E-state index is 0.713. The third kappa shape index (κ3) is 2.90. The van der Waals surface area contributed by atoms with Crippen molar-refractivity contribution in [1.82, 2.24) is 4.90 Å². The summed E-state index contributed by atoms with van der Waals surface area (Å²) in [5.74, 6) is 1.49. The van der Waals surface area contributed by atoms with Gasteiger partial charge in [0.25, 0.3) is 0 Å². The van der Waals surface area contributed by atoms with E-state index < -0.39 is 0 Å². The minimum absolute atomic E-state index is 0.713. The van der Waals surface area contributed by atoms with Gasteiger partial charge in [-0.3, -0.25) is 0 Å². The maximum Gasteiger partial charge on any atom is 0.0406 e. The number of likely N-dealkylation sites (tertiary alicyclic amines) is 1. The fourth-order valence-electron chi connectivity index (χ4n) is 2.52. The Hall–Kier alpha value is 0.200. The van der Waals surface area contributed by atoms with Crippen molar-refractivity contribution in [1.29, 1.82) is 0 Å². The van der Waals surface area contributed by atoms with Crippen LogP contribution in [0.25, 0.3) is 0 Å².